The largest absolute Gasteiger partial charge is 0.481 e. The Balaban J connectivity index is 1.61. The first-order valence-electron chi connectivity index (χ1n) is 7.52. The molecule has 23 heavy (non-hydrogen) atoms. The molecule has 1 fully saturated rings. The maximum Gasteiger partial charge on any atom is 0.270 e. The Kier molecular flexibility index (Phi) is 3.99. The second kappa shape index (κ2) is 5.82. The molecule has 2 N–H and O–H groups in total. The number of ether oxygens (including phenoxy) is 2. The molecule has 7 nitrogen and oxygen atoms in total. The first kappa shape index (κ1) is 15.8. The lowest BCUT2D eigenvalue weighted by Crippen LogP contribution is -2.55. The molecule has 0 saturated carbocycles. The van der Waals surface area contributed by atoms with Gasteiger partial charge in [-0.1, -0.05) is 0 Å². The van der Waals surface area contributed by atoms with Crippen molar-refractivity contribution >= 4 is 16.8 Å². The van der Waals surface area contributed by atoms with E-state index >= 15 is 0 Å². The third-order valence-electron chi connectivity index (χ3n) is 3.73. The molecule has 0 radical (unpaired) electrons. The van der Waals surface area contributed by atoms with E-state index in [1.165, 1.54) is 0 Å². The SMILES string of the molecule is COc1cc2[nH]c(C(=O)N3CC(OCC(C)(C)O)C3)cc2cn1. The molecule has 0 aromatic carbocycles. The first-order chi connectivity index (χ1) is 10.9. The number of pyridine rings is 1. The van der Waals surface area contributed by atoms with Crippen molar-refractivity contribution in [3.63, 3.8) is 0 Å². The lowest BCUT2D eigenvalue weighted by Gasteiger charge is -2.39. The van der Waals surface area contributed by atoms with Crippen LogP contribution in [-0.4, -0.2) is 64.4 Å². The fourth-order valence-electron chi connectivity index (χ4n) is 2.44. The van der Waals surface area contributed by atoms with Crippen molar-refractivity contribution in [2.24, 2.45) is 0 Å². The Hall–Kier alpha value is -2.12. The van der Waals surface area contributed by atoms with E-state index in [2.05, 4.69) is 9.97 Å². The highest BCUT2D eigenvalue weighted by atomic mass is 16.5. The van der Waals surface area contributed by atoms with Crippen LogP contribution in [-0.2, 0) is 4.74 Å². The molecule has 3 rings (SSSR count). The molecule has 0 aliphatic carbocycles. The summed E-state index contributed by atoms with van der Waals surface area (Å²) in [7, 11) is 1.55. The molecule has 7 heteroatoms. The average molecular weight is 319 g/mol. The Bertz CT molecular complexity index is 714. The molecule has 124 valence electrons. The molecule has 1 amide bonds. The summed E-state index contributed by atoms with van der Waals surface area (Å²) in [6.07, 6.45) is 1.66. The van der Waals surface area contributed by atoms with Crippen molar-refractivity contribution in [2.75, 3.05) is 26.8 Å². The van der Waals surface area contributed by atoms with Crippen molar-refractivity contribution < 1.29 is 19.4 Å². The van der Waals surface area contributed by atoms with Gasteiger partial charge in [-0.2, -0.15) is 0 Å². The summed E-state index contributed by atoms with van der Waals surface area (Å²) in [6.45, 7) is 4.72. The third kappa shape index (κ3) is 3.46. The molecular weight excluding hydrogens is 298 g/mol. The molecule has 1 saturated heterocycles. The molecule has 0 unspecified atom stereocenters. The molecule has 0 bridgehead atoms. The van der Waals surface area contributed by atoms with Gasteiger partial charge in [-0.05, 0) is 19.9 Å². The van der Waals surface area contributed by atoms with Crippen molar-refractivity contribution in [3.05, 3.63) is 24.0 Å². The van der Waals surface area contributed by atoms with E-state index < -0.39 is 5.60 Å². The summed E-state index contributed by atoms with van der Waals surface area (Å²) in [5.41, 5.74) is 0.486. The number of hydrogen-bond donors (Lipinski definition) is 2. The van der Waals surface area contributed by atoms with Gasteiger partial charge in [0, 0.05) is 30.7 Å². The van der Waals surface area contributed by atoms with Crippen LogP contribution in [0.15, 0.2) is 18.3 Å². The fraction of sp³-hybridized carbons (Fsp3) is 0.500. The van der Waals surface area contributed by atoms with E-state index in [9.17, 15) is 9.90 Å². The van der Waals surface area contributed by atoms with Gasteiger partial charge in [-0.15, -0.1) is 0 Å². The number of likely N-dealkylation sites (tertiary alicyclic amines) is 1. The maximum atomic E-state index is 12.4. The topological polar surface area (TPSA) is 87.7 Å². The quantitative estimate of drug-likeness (QED) is 0.864. The predicted molar refractivity (Wildman–Crippen MR) is 84.6 cm³/mol. The first-order valence-corrected chi connectivity index (χ1v) is 7.52. The normalized spacial score (nSPS) is 15.7. The van der Waals surface area contributed by atoms with E-state index in [0.29, 0.717) is 24.7 Å². The second-order valence-electron chi connectivity index (χ2n) is 6.45. The number of hydrogen-bond acceptors (Lipinski definition) is 5. The maximum absolute atomic E-state index is 12.4. The van der Waals surface area contributed by atoms with Crippen molar-refractivity contribution in [2.45, 2.75) is 25.6 Å². The van der Waals surface area contributed by atoms with Crippen LogP contribution < -0.4 is 4.74 Å². The van der Waals surface area contributed by atoms with Gasteiger partial charge in [0.15, 0.2) is 0 Å². The monoisotopic (exact) mass is 319 g/mol. The van der Waals surface area contributed by atoms with Crippen LogP contribution in [0.5, 0.6) is 5.88 Å². The van der Waals surface area contributed by atoms with E-state index in [0.717, 1.165) is 10.9 Å². The zero-order valence-electron chi connectivity index (χ0n) is 13.5. The standard InChI is InChI=1S/C16H21N3O4/c1-16(2,21)9-23-11-7-19(8-11)15(20)13-4-10-6-17-14(22-3)5-12(10)18-13/h4-6,11,18,21H,7-9H2,1-3H3. The number of carbonyl (C=O) groups is 1. The summed E-state index contributed by atoms with van der Waals surface area (Å²) in [5, 5.41) is 10.5. The van der Waals surface area contributed by atoms with Gasteiger partial charge in [0.2, 0.25) is 5.88 Å². The van der Waals surface area contributed by atoms with Gasteiger partial charge in [-0.25, -0.2) is 4.98 Å². The number of aliphatic hydroxyl groups is 1. The molecule has 2 aromatic rings. The number of rotatable bonds is 5. The predicted octanol–water partition coefficient (Wildman–Crippen LogP) is 1.18. The zero-order chi connectivity index (χ0) is 16.6. The number of aromatic amines is 1. The second-order valence-corrected chi connectivity index (χ2v) is 6.45. The van der Waals surface area contributed by atoms with Crippen LogP contribution in [0.2, 0.25) is 0 Å². The molecule has 0 atom stereocenters. The van der Waals surface area contributed by atoms with Crippen LogP contribution >= 0.6 is 0 Å². The van der Waals surface area contributed by atoms with Gasteiger partial charge < -0.3 is 24.5 Å². The number of H-pyrrole nitrogens is 1. The number of aromatic nitrogens is 2. The number of nitrogens with one attached hydrogen (secondary N) is 1. The average Bonchev–Trinajstić information content (AvgIpc) is 2.86. The Labute approximate surface area is 134 Å². The molecule has 3 heterocycles. The molecule has 0 spiro atoms. The Morgan fingerprint density at radius 1 is 1.48 bits per heavy atom. The number of amides is 1. The lowest BCUT2D eigenvalue weighted by molar-refractivity contribution is -0.0943. The summed E-state index contributed by atoms with van der Waals surface area (Å²) >= 11 is 0. The summed E-state index contributed by atoms with van der Waals surface area (Å²) in [6, 6.07) is 3.55. The minimum Gasteiger partial charge on any atom is -0.481 e. The minimum absolute atomic E-state index is 0.0171. The van der Waals surface area contributed by atoms with Crippen molar-refractivity contribution in [1.29, 1.82) is 0 Å². The molecule has 1 aliphatic heterocycles. The van der Waals surface area contributed by atoms with Crippen LogP contribution in [0, 0.1) is 0 Å². The molecule has 2 aromatic heterocycles. The van der Waals surface area contributed by atoms with E-state index in [1.54, 1.807) is 44.2 Å². The summed E-state index contributed by atoms with van der Waals surface area (Å²) in [5.74, 6) is 0.436. The van der Waals surface area contributed by atoms with E-state index in [-0.39, 0.29) is 18.6 Å². The number of nitrogens with zero attached hydrogens (tertiary/aromatic N) is 2. The molecular formula is C16H21N3O4. The van der Waals surface area contributed by atoms with Gasteiger partial charge in [-0.3, -0.25) is 4.79 Å². The van der Waals surface area contributed by atoms with Crippen LogP contribution in [0.1, 0.15) is 24.3 Å². The zero-order valence-corrected chi connectivity index (χ0v) is 13.5. The van der Waals surface area contributed by atoms with Gasteiger partial charge in [0.1, 0.15) is 5.69 Å². The number of carbonyl (C=O) groups excluding carboxylic acids is 1. The smallest absolute Gasteiger partial charge is 0.270 e. The van der Waals surface area contributed by atoms with Gasteiger partial charge in [0.05, 0.1) is 30.9 Å². The van der Waals surface area contributed by atoms with Crippen LogP contribution in [0.25, 0.3) is 10.9 Å². The summed E-state index contributed by atoms with van der Waals surface area (Å²) in [4.78, 5) is 21.4. The third-order valence-corrected chi connectivity index (χ3v) is 3.73. The molecule has 1 aliphatic rings. The number of methoxy groups -OCH3 is 1. The van der Waals surface area contributed by atoms with E-state index in [4.69, 9.17) is 9.47 Å². The fourth-order valence-corrected chi connectivity index (χ4v) is 2.44. The highest BCUT2D eigenvalue weighted by Gasteiger charge is 2.33. The highest BCUT2D eigenvalue weighted by molar-refractivity contribution is 5.98. The Morgan fingerprint density at radius 3 is 2.87 bits per heavy atom. The number of fused-ring (bicyclic) bond motifs is 1. The van der Waals surface area contributed by atoms with Crippen LogP contribution in [0.3, 0.4) is 0 Å². The van der Waals surface area contributed by atoms with Crippen LogP contribution in [0.4, 0.5) is 0 Å². The van der Waals surface area contributed by atoms with Crippen molar-refractivity contribution in [1.82, 2.24) is 14.9 Å². The lowest BCUT2D eigenvalue weighted by atomic mass is 10.1. The highest BCUT2D eigenvalue weighted by Crippen LogP contribution is 2.22. The Morgan fingerprint density at radius 2 is 2.22 bits per heavy atom. The summed E-state index contributed by atoms with van der Waals surface area (Å²) < 4.78 is 10.6. The van der Waals surface area contributed by atoms with Gasteiger partial charge in [0.25, 0.3) is 5.91 Å². The van der Waals surface area contributed by atoms with E-state index in [1.807, 2.05) is 0 Å². The van der Waals surface area contributed by atoms with Crippen molar-refractivity contribution in [3.8, 4) is 5.88 Å². The minimum atomic E-state index is -0.854. The van der Waals surface area contributed by atoms with Gasteiger partial charge >= 0.3 is 0 Å².